The molecular weight excluding hydrogens is 280 g/mol. The molecule has 0 saturated carbocycles. The van der Waals surface area contributed by atoms with Gasteiger partial charge in [-0.05, 0) is 32.3 Å². The van der Waals surface area contributed by atoms with Crippen molar-refractivity contribution < 1.29 is 0 Å². The van der Waals surface area contributed by atoms with Gasteiger partial charge in [0.2, 0.25) is 0 Å². The van der Waals surface area contributed by atoms with E-state index >= 15 is 0 Å². The molecule has 1 atom stereocenters. The number of nitrogens with one attached hydrogen (secondary N) is 1. The third-order valence-electron chi connectivity index (χ3n) is 3.50. The zero-order valence-electron chi connectivity index (χ0n) is 14.5. The highest BCUT2D eigenvalue weighted by atomic mass is 32.2. The van der Waals surface area contributed by atoms with Gasteiger partial charge in [-0.1, -0.05) is 20.8 Å². The Kier molecular flexibility index (Phi) is 6.78. The van der Waals surface area contributed by atoms with Crippen molar-refractivity contribution in [1.82, 2.24) is 9.97 Å². The average molecular weight is 311 g/mol. The highest BCUT2D eigenvalue weighted by Gasteiger charge is 2.21. The lowest BCUT2D eigenvalue weighted by molar-refractivity contribution is 0.543. The molecule has 1 aromatic heterocycles. The van der Waals surface area contributed by atoms with Gasteiger partial charge in [0.15, 0.2) is 0 Å². The van der Waals surface area contributed by atoms with Crippen LogP contribution in [0.5, 0.6) is 0 Å². The summed E-state index contributed by atoms with van der Waals surface area (Å²) in [5, 5.41) is 3.32. The van der Waals surface area contributed by atoms with Crippen molar-refractivity contribution in [3.63, 3.8) is 0 Å². The van der Waals surface area contributed by atoms with Crippen LogP contribution in [0.2, 0.25) is 0 Å². The first-order chi connectivity index (χ1) is 9.79. The van der Waals surface area contributed by atoms with Gasteiger partial charge in [0, 0.05) is 31.1 Å². The Bertz CT molecular complexity index is 442. The topological polar surface area (TPSA) is 41.0 Å². The monoisotopic (exact) mass is 310 g/mol. The molecule has 0 spiro atoms. The van der Waals surface area contributed by atoms with Crippen LogP contribution in [0.1, 0.15) is 46.9 Å². The summed E-state index contributed by atoms with van der Waals surface area (Å²) >= 11 is 1.89. The summed E-state index contributed by atoms with van der Waals surface area (Å²) in [6.07, 6.45) is 3.31. The summed E-state index contributed by atoms with van der Waals surface area (Å²) in [6, 6.07) is 2.52. The Balaban J connectivity index is 3.07. The van der Waals surface area contributed by atoms with Gasteiger partial charge in [-0.25, -0.2) is 9.97 Å². The molecule has 0 aliphatic rings. The number of rotatable bonds is 7. The summed E-state index contributed by atoms with van der Waals surface area (Å²) in [4.78, 5) is 11.7. The Morgan fingerprint density at radius 2 is 2.00 bits per heavy atom. The minimum absolute atomic E-state index is 0.0521. The van der Waals surface area contributed by atoms with E-state index in [-0.39, 0.29) is 5.41 Å². The second-order valence-corrected chi connectivity index (χ2v) is 7.44. The molecule has 21 heavy (non-hydrogen) atoms. The maximum atomic E-state index is 4.78. The van der Waals surface area contributed by atoms with E-state index < -0.39 is 0 Å². The number of thioether (sulfide) groups is 1. The molecule has 1 N–H and O–H groups in total. The van der Waals surface area contributed by atoms with Crippen molar-refractivity contribution in [1.29, 1.82) is 0 Å². The van der Waals surface area contributed by atoms with Gasteiger partial charge in [-0.2, -0.15) is 11.8 Å². The third-order valence-corrected chi connectivity index (χ3v) is 4.15. The average Bonchev–Trinajstić information content (AvgIpc) is 2.43. The van der Waals surface area contributed by atoms with Crippen molar-refractivity contribution >= 4 is 23.4 Å². The van der Waals surface area contributed by atoms with Crippen molar-refractivity contribution in [2.24, 2.45) is 0 Å². The van der Waals surface area contributed by atoms with E-state index in [1.807, 2.05) is 17.8 Å². The Morgan fingerprint density at radius 3 is 2.52 bits per heavy atom. The van der Waals surface area contributed by atoms with Crippen LogP contribution < -0.4 is 10.2 Å². The molecule has 0 aromatic carbocycles. The summed E-state index contributed by atoms with van der Waals surface area (Å²) in [7, 11) is 2.12. The second kappa shape index (κ2) is 7.87. The molecule has 0 aliphatic carbocycles. The fourth-order valence-electron chi connectivity index (χ4n) is 1.93. The molecule has 0 bridgehead atoms. The van der Waals surface area contributed by atoms with Gasteiger partial charge in [0.1, 0.15) is 17.5 Å². The lowest BCUT2D eigenvalue weighted by atomic mass is 9.95. The predicted octanol–water partition coefficient (Wildman–Crippen LogP) is 3.78. The smallest absolute Gasteiger partial charge is 0.138 e. The van der Waals surface area contributed by atoms with Gasteiger partial charge in [0.25, 0.3) is 0 Å². The molecule has 0 fully saturated rings. The van der Waals surface area contributed by atoms with Gasteiger partial charge in [0.05, 0.1) is 0 Å². The number of anilines is 2. The lowest BCUT2D eigenvalue weighted by Crippen LogP contribution is -2.31. The Labute approximate surface area is 134 Å². The molecule has 0 saturated heterocycles. The van der Waals surface area contributed by atoms with Crippen LogP contribution in [0.15, 0.2) is 6.07 Å². The van der Waals surface area contributed by atoms with Gasteiger partial charge in [-0.3, -0.25) is 0 Å². The van der Waals surface area contributed by atoms with Crippen molar-refractivity contribution in [3.8, 4) is 0 Å². The minimum atomic E-state index is -0.0521. The van der Waals surface area contributed by atoms with Crippen LogP contribution in [0, 0.1) is 0 Å². The molecule has 1 aromatic rings. The molecule has 0 radical (unpaired) electrons. The Morgan fingerprint density at radius 1 is 1.33 bits per heavy atom. The van der Waals surface area contributed by atoms with Crippen LogP contribution in [0.3, 0.4) is 0 Å². The van der Waals surface area contributed by atoms with Gasteiger partial charge >= 0.3 is 0 Å². The highest BCUT2D eigenvalue weighted by molar-refractivity contribution is 7.98. The van der Waals surface area contributed by atoms with Gasteiger partial charge < -0.3 is 10.2 Å². The molecule has 120 valence electrons. The van der Waals surface area contributed by atoms with Crippen LogP contribution in [-0.4, -0.2) is 41.6 Å². The summed E-state index contributed by atoms with van der Waals surface area (Å²) in [5.74, 6) is 3.97. The van der Waals surface area contributed by atoms with Crippen molar-refractivity contribution in [2.45, 2.75) is 52.5 Å². The number of hydrogen-bond acceptors (Lipinski definition) is 5. The molecular formula is C16H30N4S. The lowest BCUT2D eigenvalue weighted by Gasteiger charge is -2.28. The normalized spacial score (nSPS) is 13.1. The summed E-state index contributed by atoms with van der Waals surface area (Å²) < 4.78 is 0. The first-order valence-corrected chi connectivity index (χ1v) is 9.04. The predicted molar refractivity (Wildman–Crippen MR) is 95.8 cm³/mol. The van der Waals surface area contributed by atoms with Crippen molar-refractivity contribution in [3.05, 3.63) is 11.9 Å². The van der Waals surface area contributed by atoms with Crippen LogP contribution in [0.25, 0.3) is 0 Å². The number of nitrogens with zero attached hydrogens (tertiary/aromatic N) is 3. The molecule has 0 aliphatic heterocycles. The first kappa shape index (κ1) is 18.1. The SMILES string of the molecule is CCNc1cc(N(C)C(C)CCSC)nc(C(C)(C)C)n1. The van der Waals surface area contributed by atoms with Crippen LogP contribution >= 0.6 is 11.8 Å². The van der Waals surface area contributed by atoms with Crippen molar-refractivity contribution in [2.75, 3.05) is 35.8 Å². The molecule has 1 heterocycles. The second-order valence-electron chi connectivity index (χ2n) is 6.46. The summed E-state index contributed by atoms with van der Waals surface area (Å²) in [5.41, 5.74) is -0.0521. The van der Waals surface area contributed by atoms with E-state index in [0.29, 0.717) is 6.04 Å². The maximum Gasteiger partial charge on any atom is 0.138 e. The largest absolute Gasteiger partial charge is 0.370 e. The van der Waals surface area contributed by atoms with E-state index in [9.17, 15) is 0 Å². The fourth-order valence-corrected chi connectivity index (χ4v) is 2.51. The fraction of sp³-hybridized carbons (Fsp3) is 0.750. The van der Waals surface area contributed by atoms with E-state index in [2.05, 4.69) is 63.1 Å². The molecule has 0 amide bonds. The van der Waals surface area contributed by atoms with Crippen LogP contribution in [0.4, 0.5) is 11.6 Å². The molecule has 1 unspecified atom stereocenters. The van der Waals surface area contributed by atoms with E-state index in [1.165, 1.54) is 5.75 Å². The van der Waals surface area contributed by atoms with Crippen LogP contribution in [-0.2, 0) is 5.41 Å². The Hall–Kier alpha value is -0.970. The number of aromatic nitrogens is 2. The first-order valence-electron chi connectivity index (χ1n) is 7.64. The molecule has 5 heteroatoms. The molecule has 1 rings (SSSR count). The van der Waals surface area contributed by atoms with E-state index in [4.69, 9.17) is 4.98 Å². The van der Waals surface area contributed by atoms with Gasteiger partial charge in [-0.15, -0.1) is 0 Å². The highest BCUT2D eigenvalue weighted by Crippen LogP contribution is 2.25. The zero-order valence-corrected chi connectivity index (χ0v) is 15.3. The quantitative estimate of drug-likeness (QED) is 0.830. The summed E-state index contributed by atoms with van der Waals surface area (Å²) in [6.45, 7) is 11.7. The number of hydrogen-bond donors (Lipinski definition) is 1. The minimum Gasteiger partial charge on any atom is -0.370 e. The maximum absolute atomic E-state index is 4.78. The van der Waals surface area contributed by atoms with E-state index in [1.54, 1.807) is 0 Å². The third kappa shape index (κ3) is 5.38. The standard InChI is InChI=1S/C16H30N4S/c1-8-17-13-11-14(19-15(18-13)16(3,4)5)20(6)12(2)9-10-21-7/h11-12H,8-10H2,1-7H3,(H,17,18,19). The molecule has 4 nitrogen and oxygen atoms in total. The van der Waals surface area contributed by atoms with E-state index in [0.717, 1.165) is 30.4 Å². The zero-order chi connectivity index (χ0) is 16.0.